The number of nitrogens with zero attached hydrogens (tertiary/aromatic N) is 2. The molecule has 5 heteroatoms. The highest BCUT2D eigenvalue weighted by molar-refractivity contribution is 5.76. The molecule has 38 heavy (non-hydrogen) atoms. The zero-order valence-electron chi connectivity index (χ0n) is 23.1. The molecule has 4 aromatic rings. The number of hydrogen-bond donors (Lipinski definition) is 1. The summed E-state index contributed by atoms with van der Waals surface area (Å²) in [5.41, 5.74) is 5.90. The summed E-state index contributed by atoms with van der Waals surface area (Å²) in [5.74, 6) is 2.65. The van der Waals surface area contributed by atoms with Crippen LogP contribution in [0.4, 0.5) is 0 Å². The van der Waals surface area contributed by atoms with Gasteiger partial charge in [0, 0.05) is 25.9 Å². The lowest BCUT2D eigenvalue weighted by Crippen LogP contribution is -2.25. The summed E-state index contributed by atoms with van der Waals surface area (Å²) >= 11 is 0. The van der Waals surface area contributed by atoms with E-state index in [-0.39, 0.29) is 5.91 Å². The van der Waals surface area contributed by atoms with Crippen LogP contribution in [0, 0.1) is 6.92 Å². The number of nitrogens with one attached hydrogen (secondary N) is 1. The third-order valence-electron chi connectivity index (χ3n) is 6.94. The van der Waals surface area contributed by atoms with Gasteiger partial charge in [-0.2, -0.15) is 0 Å². The van der Waals surface area contributed by atoms with Crippen molar-refractivity contribution >= 4 is 16.9 Å². The van der Waals surface area contributed by atoms with Crippen LogP contribution in [0.5, 0.6) is 5.75 Å². The summed E-state index contributed by atoms with van der Waals surface area (Å²) in [6.07, 6.45) is 5.00. The monoisotopic (exact) mass is 511 g/mol. The van der Waals surface area contributed by atoms with Crippen LogP contribution in [0.15, 0.2) is 72.8 Å². The Bertz CT molecular complexity index is 1310. The van der Waals surface area contributed by atoms with Crippen molar-refractivity contribution in [2.45, 2.75) is 71.8 Å². The molecule has 5 nitrogen and oxygen atoms in total. The van der Waals surface area contributed by atoms with Gasteiger partial charge in [-0.15, -0.1) is 0 Å². The van der Waals surface area contributed by atoms with Gasteiger partial charge in [-0.05, 0) is 73.4 Å². The largest absolute Gasteiger partial charge is 0.493 e. The number of hydrogen-bond acceptors (Lipinski definition) is 3. The zero-order valence-corrected chi connectivity index (χ0v) is 23.1. The van der Waals surface area contributed by atoms with Crippen LogP contribution >= 0.6 is 0 Å². The first-order valence-electron chi connectivity index (χ1n) is 14.0. The number of carbonyl (C=O) groups excluding carboxylic acids is 1. The van der Waals surface area contributed by atoms with Crippen LogP contribution in [0.1, 0.15) is 68.0 Å². The van der Waals surface area contributed by atoms with E-state index in [9.17, 15) is 4.79 Å². The fourth-order valence-electron chi connectivity index (χ4n) is 4.83. The molecule has 200 valence electrons. The highest BCUT2D eigenvalue weighted by Crippen LogP contribution is 2.27. The van der Waals surface area contributed by atoms with Crippen LogP contribution in [0.25, 0.3) is 11.0 Å². The maximum absolute atomic E-state index is 12.3. The van der Waals surface area contributed by atoms with Crippen molar-refractivity contribution in [3.8, 4) is 5.75 Å². The fraction of sp³-hybridized carbons (Fsp3) is 0.394. The number of aryl methyl sites for hydroxylation is 4. The number of para-hydroxylation sites is 2. The molecule has 0 fully saturated rings. The Morgan fingerprint density at radius 3 is 2.55 bits per heavy atom. The number of amides is 1. The van der Waals surface area contributed by atoms with E-state index in [4.69, 9.17) is 9.72 Å². The topological polar surface area (TPSA) is 56.1 Å². The van der Waals surface area contributed by atoms with Crippen molar-refractivity contribution in [3.05, 3.63) is 95.3 Å². The number of fused-ring (bicyclic) bond motifs is 1. The molecule has 4 rings (SSSR count). The average Bonchev–Trinajstić information content (AvgIpc) is 3.27. The standard InChI is InChI=1S/C33H41N3O2/c1-25(2)28-19-17-26(3)24-31(28)38-23-10-9-22-36-30-15-8-7-14-29(30)35-32(36)16-11-21-34-33(37)20-18-27-12-5-4-6-13-27/h4-8,12-15,17,19,24-25H,9-11,16,18,20-23H2,1-3H3,(H,34,37). The van der Waals surface area contributed by atoms with Gasteiger partial charge in [-0.25, -0.2) is 4.98 Å². The molecule has 0 saturated heterocycles. The van der Waals surface area contributed by atoms with Gasteiger partial charge in [0.2, 0.25) is 5.91 Å². The predicted octanol–water partition coefficient (Wildman–Crippen LogP) is 7.01. The second-order valence-electron chi connectivity index (χ2n) is 10.4. The molecule has 0 aliphatic rings. The van der Waals surface area contributed by atoms with Gasteiger partial charge in [-0.3, -0.25) is 4.79 Å². The molecule has 0 aliphatic heterocycles. The van der Waals surface area contributed by atoms with Crippen LogP contribution in [0.3, 0.4) is 0 Å². The Balaban J connectivity index is 1.25. The van der Waals surface area contributed by atoms with Gasteiger partial charge in [0.1, 0.15) is 11.6 Å². The Kier molecular flexibility index (Phi) is 9.97. The Morgan fingerprint density at radius 1 is 0.947 bits per heavy atom. The molecule has 1 heterocycles. The normalized spacial score (nSPS) is 11.3. The number of unbranched alkanes of at least 4 members (excludes halogenated alkanes) is 1. The molecule has 0 spiro atoms. The molecule has 0 aliphatic carbocycles. The number of aromatic nitrogens is 2. The van der Waals surface area contributed by atoms with E-state index < -0.39 is 0 Å². The van der Waals surface area contributed by atoms with Crippen molar-refractivity contribution in [2.75, 3.05) is 13.2 Å². The van der Waals surface area contributed by atoms with Gasteiger partial charge in [0.15, 0.2) is 0 Å². The van der Waals surface area contributed by atoms with Gasteiger partial charge >= 0.3 is 0 Å². The summed E-state index contributed by atoms with van der Waals surface area (Å²) in [6.45, 7) is 8.81. The van der Waals surface area contributed by atoms with Crippen LogP contribution < -0.4 is 10.1 Å². The smallest absolute Gasteiger partial charge is 0.220 e. The summed E-state index contributed by atoms with van der Waals surface area (Å²) < 4.78 is 8.55. The SMILES string of the molecule is Cc1ccc(C(C)C)c(OCCCCn2c(CCCNC(=O)CCc3ccccc3)nc3ccccc32)c1. The minimum absolute atomic E-state index is 0.108. The zero-order chi connectivity index (χ0) is 26.7. The van der Waals surface area contributed by atoms with Gasteiger partial charge < -0.3 is 14.6 Å². The van der Waals surface area contributed by atoms with Crippen molar-refractivity contribution < 1.29 is 9.53 Å². The maximum Gasteiger partial charge on any atom is 0.220 e. The van der Waals surface area contributed by atoms with E-state index in [1.54, 1.807) is 0 Å². The van der Waals surface area contributed by atoms with Crippen LogP contribution in [-0.4, -0.2) is 28.6 Å². The number of rotatable bonds is 14. The lowest BCUT2D eigenvalue weighted by molar-refractivity contribution is -0.121. The van der Waals surface area contributed by atoms with Crippen molar-refractivity contribution in [1.29, 1.82) is 0 Å². The Labute approximate surface area is 227 Å². The predicted molar refractivity (Wildman–Crippen MR) is 156 cm³/mol. The maximum atomic E-state index is 12.3. The third-order valence-corrected chi connectivity index (χ3v) is 6.94. The van der Waals surface area contributed by atoms with Crippen LogP contribution in [-0.2, 0) is 24.2 Å². The first kappa shape index (κ1) is 27.4. The number of imidazole rings is 1. The van der Waals surface area contributed by atoms with Crippen molar-refractivity contribution in [3.63, 3.8) is 0 Å². The Morgan fingerprint density at radius 2 is 1.74 bits per heavy atom. The van der Waals surface area contributed by atoms with E-state index in [1.807, 2.05) is 24.3 Å². The molecule has 1 aromatic heterocycles. The summed E-state index contributed by atoms with van der Waals surface area (Å²) in [5, 5.41) is 3.08. The summed E-state index contributed by atoms with van der Waals surface area (Å²) in [6, 6.07) is 25.0. The van der Waals surface area contributed by atoms with Crippen LogP contribution in [0.2, 0.25) is 0 Å². The van der Waals surface area contributed by atoms with Gasteiger partial charge in [0.25, 0.3) is 0 Å². The first-order chi connectivity index (χ1) is 18.5. The van der Waals surface area contributed by atoms with Gasteiger partial charge in [0.05, 0.1) is 17.6 Å². The molecule has 0 saturated carbocycles. The number of ether oxygens (including phenoxy) is 1. The second kappa shape index (κ2) is 13.8. The van der Waals surface area contributed by atoms with Crippen molar-refractivity contribution in [1.82, 2.24) is 14.9 Å². The molecule has 0 atom stereocenters. The fourth-order valence-corrected chi connectivity index (χ4v) is 4.83. The lowest BCUT2D eigenvalue weighted by atomic mass is 10.0. The molecule has 1 amide bonds. The molecular formula is C33H41N3O2. The number of benzene rings is 3. The highest BCUT2D eigenvalue weighted by Gasteiger charge is 2.11. The van der Waals surface area contributed by atoms with E-state index in [1.165, 1.54) is 22.2 Å². The summed E-state index contributed by atoms with van der Waals surface area (Å²) in [7, 11) is 0. The van der Waals surface area contributed by atoms with Gasteiger partial charge in [-0.1, -0.05) is 68.4 Å². The summed E-state index contributed by atoms with van der Waals surface area (Å²) in [4.78, 5) is 17.2. The minimum atomic E-state index is 0.108. The number of carbonyl (C=O) groups is 1. The molecule has 0 bridgehead atoms. The van der Waals surface area contributed by atoms with E-state index in [2.05, 4.69) is 79.2 Å². The minimum Gasteiger partial charge on any atom is -0.493 e. The van der Waals surface area contributed by atoms with E-state index in [0.717, 1.165) is 55.7 Å². The first-order valence-corrected chi connectivity index (χ1v) is 14.0. The van der Waals surface area contributed by atoms with E-state index in [0.29, 0.717) is 25.5 Å². The van der Waals surface area contributed by atoms with E-state index >= 15 is 0 Å². The molecular weight excluding hydrogens is 470 g/mol. The molecule has 3 aromatic carbocycles. The molecule has 0 unspecified atom stereocenters. The molecule has 0 radical (unpaired) electrons. The quantitative estimate of drug-likeness (QED) is 0.185. The highest BCUT2D eigenvalue weighted by atomic mass is 16.5. The molecule has 1 N–H and O–H groups in total. The average molecular weight is 512 g/mol. The Hall–Kier alpha value is -3.60. The lowest BCUT2D eigenvalue weighted by Gasteiger charge is -2.15. The van der Waals surface area contributed by atoms with Crippen molar-refractivity contribution in [2.24, 2.45) is 0 Å². The second-order valence-corrected chi connectivity index (χ2v) is 10.4. The third kappa shape index (κ3) is 7.70.